The van der Waals surface area contributed by atoms with Gasteiger partial charge in [-0.3, -0.25) is 0 Å². The van der Waals surface area contributed by atoms with Crippen molar-refractivity contribution < 1.29 is 36.6 Å². The summed E-state index contributed by atoms with van der Waals surface area (Å²) in [6.45, 7) is 1.15. The second-order valence-corrected chi connectivity index (χ2v) is 8.60. The summed E-state index contributed by atoms with van der Waals surface area (Å²) >= 11 is 0. The van der Waals surface area contributed by atoms with Gasteiger partial charge in [0.1, 0.15) is 5.75 Å². The summed E-state index contributed by atoms with van der Waals surface area (Å²) in [7, 11) is 0. The number of hydrogen-bond donors (Lipinski definition) is 0. The van der Waals surface area contributed by atoms with Crippen molar-refractivity contribution in [1.82, 2.24) is 0 Å². The first kappa shape index (κ1) is 25.0. The molecule has 3 aromatic carbocycles. The van der Waals surface area contributed by atoms with Crippen LogP contribution in [0, 0.1) is 5.82 Å². The summed E-state index contributed by atoms with van der Waals surface area (Å²) in [5.41, 5.74) is 1.57. The van der Waals surface area contributed by atoms with Crippen molar-refractivity contribution in [3.05, 3.63) is 71.5 Å². The van der Waals surface area contributed by atoms with E-state index in [1.54, 1.807) is 12.1 Å². The van der Waals surface area contributed by atoms with Gasteiger partial charge in [0, 0.05) is 12.0 Å². The van der Waals surface area contributed by atoms with Gasteiger partial charge in [0.15, 0.2) is 18.2 Å². The molecule has 35 heavy (non-hydrogen) atoms. The fourth-order valence-corrected chi connectivity index (χ4v) is 4.44. The first-order chi connectivity index (χ1) is 16.7. The van der Waals surface area contributed by atoms with Gasteiger partial charge in [-0.2, -0.15) is 13.2 Å². The fourth-order valence-electron chi connectivity index (χ4n) is 4.44. The molecule has 0 N–H and O–H groups in total. The monoisotopic (exact) mass is 490 g/mol. The van der Waals surface area contributed by atoms with E-state index in [0.717, 1.165) is 38.4 Å². The molecule has 0 amide bonds. The molecule has 1 saturated carbocycles. The summed E-state index contributed by atoms with van der Waals surface area (Å²) in [5.74, 6) is -1.32. The van der Waals surface area contributed by atoms with Crippen molar-refractivity contribution in [3.63, 3.8) is 0 Å². The average Bonchev–Trinajstić information content (AvgIpc) is 2.84. The topological polar surface area (TPSA) is 44.8 Å². The molecule has 3 aromatic rings. The molecular weight excluding hydrogens is 464 g/mol. The summed E-state index contributed by atoms with van der Waals surface area (Å²) in [6, 6.07) is 14.1. The number of carbonyl (C=O) groups excluding carboxylic acids is 1. The molecule has 0 aromatic heterocycles. The molecule has 8 heteroatoms. The molecule has 186 valence electrons. The van der Waals surface area contributed by atoms with E-state index in [-0.39, 0.29) is 11.1 Å². The normalized spacial score (nSPS) is 18.4. The van der Waals surface area contributed by atoms with Gasteiger partial charge in [-0.1, -0.05) is 18.2 Å². The SMILES string of the molecule is CCOC1CCC(c2ccc(C(=O)Oc3ccc4c(F)c(OCC(F)(F)F)ccc4c3)cc2)CC1. The molecule has 1 aliphatic rings. The quantitative estimate of drug-likeness (QED) is 0.200. The zero-order valence-electron chi connectivity index (χ0n) is 19.2. The van der Waals surface area contributed by atoms with E-state index in [1.807, 2.05) is 19.1 Å². The minimum Gasteiger partial charge on any atom is -0.481 e. The lowest BCUT2D eigenvalue weighted by Gasteiger charge is -2.28. The number of ether oxygens (including phenoxy) is 3. The Labute approximate surface area is 200 Å². The molecule has 0 saturated heterocycles. The van der Waals surface area contributed by atoms with Crippen LogP contribution in [0.15, 0.2) is 54.6 Å². The van der Waals surface area contributed by atoms with Gasteiger partial charge < -0.3 is 14.2 Å². The van der Waals surface area contributed by atoms with Gasteiger partial charge in [-0.25, -0.2) is 9.18 Å². The predicted molar refractivity (Wildman–Crippen MR) is 123 cm³/mol. The van der Waals surface area contributed by atoms with Crippen molar-refractivity contribution >= 4 is 16.7 Å². The van der Waals surface area contributed by atoms with Crippen LogP contribution in [0.25, 0.3) is 10.8 Å². The van der Waals surface area contributed by atoms with Crippen LogP contribution in [-0.4, -0.2) is 31.5 Å². The Morgan fingerprint density at radius 3 is 2.34 bits per heavy atom. The second kappa shape index (κ2) is 10.6. The highest BCUT2D eigenvalue weighted by atomic mass is 19.4. The van der Waals surface area contributed by atoms with Crippen LogP contribution in [0.2, 0.25) is 0 Å². The lowest BCUT2D eigenvalue weighted by molar-refractivity contribution is -0.153. The Balaban J connectivity index is 1.40. The number of rotatable bonds is 7. The third-order valence-corrected chi connectivity index (χ3v) is 6.19. The molecule has 4 nitrogen and oxygen atoms in total. The van der Waals surface area contributed by atoms with Crippen LogP contribution >= 0.6 is 0 Å². The van der Waals surface area contributed by atoms with E-state index >= 15 is 0 Å². The van der Waals surface area contributed by atoms with Crippen LogP contribution in [0.4, 0.5) is 17.6 Å². The first-order valence-corrected chi connectivity index (χ1v) is 11.6. The average molecular weight is 490 g/mol. The largest absolute Gasteiger partial charge is 0.481 e. The third-order valence-electron chi connectivity index (χ3n) is 6.19. The van der Waals surface area contributed by atoms with Gasteiger partial charge >= 0.3 is 12.1 Å². The molecule has 0 bridgehead atoms. The van der Waals surface area contributed by atoms with Crippen molar-refractivity contribution in [2.24, 2.45) is 0 Å². The molecule has 1 fully saturated rings. The van der Waals surface area contributed by atoms with Crippen LogP contribution < -0.4 is 9.47 Å². The van der Waals surface area contributed by atoms with Crippen molar-refractivity contribution in [2.75, 3.05) is 13.2 Å². The van der Waals surface area contributed by atoms with E-state index in [0.29, 0.717) is 23.0 Å². The van der Waals surface area contributed by atoms with E-state index in [1.165, 1.54) is 29.8 Å². The van der Waals surface area contributed by atoms with Crippen LogP contribution in [-0.2, 0) is 4.74 Å². The van der Waals surface area contributed by atoms with Crippen LogP contribution in [0.5, 0.6) is 11.5 Å². The van der Waals surface area contributed by atoms with Crippen LogP contribution in [0.3, 0.4) is 0 Å². The molecule has 0 heterocycles. The van der Waals surface area contributed by atoms with Gasteiger partial charge in [0.2, 0.25) is 0 Å². The Bertz CT molecular complexity index is 1170. The van der Waals surface area contributed by atoms with Gasteiger partial charge in [-0.05, 0) is 85.9 Å². The fraction of sp³-hybridized carbons (Fsp3) is 0.370. The Kier molecular flexibility index (Phi) is 7.60. The highest BCUT2D eigenvalue weighted by Gasteiger charge is 2.29. The number of fused-ring (bicyclic) bond motifs is 1. The summed E-state index contributed by atoms with van der Waals surface area (Å²) in [4.78, 5) is 12.6. The number of esters is 1. The maximum absolute atomic E-state index is 14.5. The van der Waals surface area contributed by atoms with Crippen molar-refractivity contribution in [2.45, 2.75) is 50.8 Å². The summed E-state index contributed by atoms with van der Waals surface area (Å²) < 4.78 is 67.3. The van der Waals surface area contributed by atoms with Crippen LogP contribution in [0.1, 0.15) is 54.4 Å². The minimum absolute atomic E-state index is 0.0629. The van der Waals surface area contributed by atoms with Gasteiger partial charge in [-0.15, -0.1) is 0 Å². The predicted octanol–water partition coefficient (Wildman–Crippen LogP) is 7.20. The maximum Gasteiger partial charge on any atom is 0.422 e. The molecule has 4 rings (SSSR count). The molecule has 0 aliphatic heterocycles. The lowest BCUT2D eigenvalue weighted by atomic mass is 9.82. The zero-order valence-corrected chi connectivity index (χ0v) is 19.2. The van der Waals surface area contributed by atoms with E-state index in [9.17, 15) is 22.4 Å². The van der Waals surface area contributed by atoms with E-state index in [4.69, 9.17) is 9.47 Å². The molecule has 0 unspecified atom stereocenters. The molecular formula is C27H26F4O4. The van der Waals surface area contributed by atoms with Crippen molar-refractivity contribution in [3.8, 4) is 11.5 Å². The highest BCUT2D eigenvalue weighted by Crippen LogP contribution is 2.34. The maximum atomic E-state index is 14.5. The van der Waals surface area contributed by atoms with Gasteiger partial charge in [0.25, 0.3) is 0 Å². The molecule has 0 atom stereocenters. The van der Waals surface area contributed by atoms with E-state index < -0.39 is 30.3 Å². The minimum atomic E-state index is -4.57. The lowest BCUT2D eigenvalue weighted by Crippen LogP contribution is -2.20. The number of benzene rings is 3. The Morgan fingerprint density at radius 1 is 0.971 bits per heavy atom. The van der Waals surface area contributed by atoms with E-state index in [2.05, 4.69) is 4.74 Å². The number of carbonyl (C=O) groups is 1. The zero-order chi connectivity index (χ0) is 25.0. The third kappa shape index (κ3) is 6.31. The number of hydrogen-bond acceptors (Lipinski definition) is 4. The molecule has 1 aliphatic carbocycles. The molecule has 0 spiro atoms. The standard InChI is InChI=1S/C27H26F4O4/c1-2-33-21-10-7-18(8-11-21)17-3-5-19(6-4-17)26(32)35-22-12-13-23-20(15-22)9-14-24(25(23)28)34-16-27(29,30)31/h3-6,9,12-15,18,21H,2,7-8,10-11,16H2,1H3. The Morgan fingerprint density at radius 2 is 1.69 bits per heavy atom. The smallest absolute Gasteiger partial charge is 0.422 e. The Hall–Kier alpha value is -3.13. The number of halogens is 4. The first-order valence-electron chi connectivity index (χ1n) is 11.6. The second-order valence-electron chi connectivity index (χ2n) is 8.60. The molecule has 0 radical (unpaired) electrons. The van der Waals surface area contributed by atoms with Crippen molar-refractivity contribution in [1.29, 1.82) is 0 Å². The number of alkyl halides is 3. The summed E-state index contributed by atoms with van der Waals surface area (Å²) in [6.07, 6.45) is -0.0849. The summed E-state index contributed by atoms with van der Waals surface area (Å²) in [5, 5.41) is 0.429. The van der Waals surface area contributed by atoms with Gasteiger partial charge in [0.05, 0.1) is 11.7 Å². The highest BCUT2D eigenvalue weighted by molar-refractivity contribution is 5.92.